The Labute approximate surface area is 223 Å². The van der Waals surface area contributed by atoms with Crippen molar-refractivity contribution < 1.29 is 9.13 Å². The lowest BCUT2D eigenvalue weighted by Crippen LogP contribution is -2.20. The van der Waals surface area contributed by atoms with Crippen LogP contribution in [0, 0.1) is 5.82 Å². The van der Waals surface area contributed by atoms with E-state index in [9.17, 15) is 4.39 Å². The smallest absolute Gasteiger partial charge is 0.178 e. The fourth-order valence-corrected chi connectivity index (χ4v) is 4.43. The first-order chi connectivity index (χ1) is 19.0. The molecule has 0 amide bonds. The quantitative estimate of drug-likeness (QED) is 0.262. The molecule has 0 saturated heterocycles. The minimum Gasteiger partial charge on any atom is -0.495 e. The number of aromatic nitrogens is 7. The van der Waals surface area contributed by atoms with Gasteiger partial charge < -0.3 is 19.9 Å². The van der Waals surface area contributed by atoms with Crippen molar-refractivity contribution in [3.05, 3.63) is 66.9 Å². The van der Waals surface area contributed by atoms with Gasteiger partial charge in [0.05, 0.1) is 30.0 Å². The molecule has 0 unspecified atom stereocenters. The molecule has 6 rings (SSSR count). The van der Waals surface area contributed by atoms with Gasteiger partial charge in [0.15, 0.2) is 17.2 Å². The van der Waals surface area contributed by atoms with Crippen molar-refractivity contribution in [2.24, 2.45) is 0 Å². The maximum Gasteiger partial charge on any atom is 0.178 e. The highest BCUT2D eigenvalue weighted by molar-refractivity contribution is 5.95. The monoisotopic (exact) mass is 523 g/mol. The van der Waals surface area contributed by atoms with E-state index in [0.29, 0.717) is 51.7 Å². The summed E-state index contributed by atoms with van der Waals surface area (Å²) in [4.78, 5) is 23.6. The fourth-order valence-electron chi connectivity index (χ4n) is 4.43. The van der Waals surface area contributed by atoms with Crippen molar-refractivity contribution in [3.63, 3.8) is 0 Å². The number of methoxy groups -OCH3 is 1. The van der Waals surface area contributed by atoms with Crippen LogP contribution in [0.4, 0.5) is 10.1 Å². The number of nitrogens with one attached hydrogen (secondary N) is 3. The Hall–Kier alpha value is -4.90. The highest BCUT2D eigenvalue weighted by atomic mass is 19.1. The van der Waals surface area contributed by atoms with Gasteiger partial charge >= 0.3 is 0 Å². The van der Waals surface area contributed by atoms with Crippen LogP contribution in [0.25, 0.3) is 56.1 Å². The van der Waals surface area contributed by atoms with Crippen LogP contribution in [0.2, 0.25) is 0 Å². The minimum atomic E-state index is -0.327. The highest BCUT2D eigenvalue weighted by Crippen LogP contribution is 2.32. The molecule has 0 spiro atoms. The van der Waals surface area contributed by atoms with E-state index < -0.39 is 0 Å². The average Bonchev–Trinajstić information content (AvgIpc) is 3.56. The van der Waals surface area contributed by atoms with Crippen LogP contribution in [-0.4, -0.2) is 74.3 Å². The molecule has 0 atom stereocenters. The first-order valence-electron chi connectivity index (χ1n) is 12.4. The lowest BCUT2D eigenvalue weighted by molar-refractivity contribution is 0.413. The van der Waals surface area contributed by atoms with E-state index in [0.717, 1.165) is 28.9 Å². The zero-order chi connectivity index (χ0) is 26.9. The average molecular weight is 524 g/mol. The molecule has 11 heteroatoms. The Kier molecular flexibility index (Phi) is 6.33. The first kappa shape index (κ1) is 24.4. The van der Waals surface area contributed by atoms with Crippen LogP contribution in [0.1, 0.15) is 0 Å². The Morgan fingerprint density at radius 2 is 1.92 bits per heavy atom. The normalized spacial score (nSPS) is 11.5. The number of anilines is 1. The number of fused-ring (bicyclic) bond motifs is 2. The zero-order valence-electron chi connectivity index (χ0n) is 21.7. The Morgan fingerprint density at radius 3 is 2.77 bits per heavy atom. The molecule has 0 bridgehead atoms. The molecular formula is C28H26FN9O. The van der Waals surface area contributed by atoms with Crippen molar-refractivity contribution in [3.8, 4) is 39.7 Å². The molecule has 5 aromatic heterocycles. The maximum atomic E-state index is 14.6. The molecule has 0 fully saturated rings. The summed E-state index contributed by atoms with van der Waals surface area (Å²) in [7, 11) is 5.59. The molecule has 0 aliphatic carbocycles. The molecular weight excluding hydrogens is 497 g/mol. The van der Waals surface area contributed by atoms with E-state index in [2.05, 4.69) is 35.4 Å². The third-order valence-electron chi connectivity index (χ3n) is 6.37. The summed E-state index contributed by atoms with van der Waals surface area (Å²) < 4.78 is 19.9. The number of rotatable bonds is 8. The summed E-state index contributed by atoms with van der Waals surface area (Å²) >= 11 is 0. The van der Waals surface area contributed by atoms with Crippen molar-refractivity contribution in [2.45, 2.75) is 0 Å². The van der Waals surface area contributed by atoms with Crippen molar-refractivity contribution in [1.82, 2.24) is 40.0 Å². The van der Waals surface area contributed by atoms with Gasteiger partial charge in [0, 0.05) is 42.3 Å². The largest absolute Gasteiger partial charge is 0.495 e. The van der Waals surface area contributed by atoms with Crippen molar-refractivity contribution in [2.75, 3.05) is 39.6 Å². The first-order valence-corrected chi connectivity index (χ1v) is 12.4. The zero-order valence-corrected chi connectivity index (χ0v) is 21.7. The van der Waals surface area contributed by atoms with Gasteiger partial charge in [0.1, 0.15) is 17.1 Å². The summed E-state index contributed by atoms with van der Waals surface area (Å²) in [5.74, 6) is 0.822. The topological polar surface area (TPSA) is 121 Å². The van der Waals surface area contributed by atoms with E-state index in [1.54, 1.807) is 25.7 Å². The molecule has 0 aliphatic heterocycles. The summed E-state index contributed by atoms with van der Waals surface area (Å²) in [6, 6.07) is 12.5. The van der Waals surface area contributed by atoms with E-state index in [1.807, 2.05) is 44.4 Å². The number of aromatic amines is 2. The van der Waals surface area contributed by atoms with Crippen LogP contribution >= 0.6 is 0 Å². The fraction of sp³-hybridized carbons (Fsp3) is 0.179. The summed E-state index contributed by atoms with van der Waals surface area (Å²) in [5, 5.41) is 10.8. The molecule has 0 saturated carbocycles. The van der Waals surface area contributed by atoms with Crippen LogP contribution in [-0.2, 0) is 0 Å². The van der Waals surface area contributed by atoms with Crippen LogP contribution in [0.3, 0.4) is 0 Å². The van der Waals surface area contributed by atoms with Gasteiger partial charge in [-0.25, -0.2) is 19.3 Å². The highest BCUT2D eigenvalue weighted by Gasteiger charge is 2.18. The molecule has 196 valence electrons. The summed E-state index contributed by atoms with van der Waals surface area (Å²) in [5.41, 5.74) is 6.88. The minimum absolute atomic E-state index is 0.327. The van der Waals surface area contributed by atoms with Gasteiger partial charge in [-0.05, 0) is 62.1 Å². The van der Waals surface area contributed by atoms with Gasteiger partial charge in [0.2, 0.25) is 0 Å². The maximum absolute atomic E-state index is 14.6. The van der Waals surface area contributed by atoms with Crippen LogP contribution in [0.5, 0.6) is 5.75 Å². The third-order valence-corrected chi connectivity index (χ3v) is 6.37. The van der Waals surface area contributed by atoms with E-state index in [4.69, 9.17) is 14.7 Å². The van der Waals surface area contributed by atoms with E-state index in [-0.39, 0.29) is 5.82 Å². The van der Waals surface area contributed by atoms with Crippen molar-refractivity contribution in [1.29, 1.82) is 0 Å². The number of hydrogen-bond donors (Lipinski definition) is 3. The molecule has 0 radical (unpaired) electrons. The molecule has 0 aliphatic rings. The van der Waals surface area contributed by atoms with E-state index >= 15 is 0 Å². The van der Waals surface area contributed by atoms with Crippen molar-refractivity contribution >= 4 is 27.9 Å². The number of H-pyrrole nitrogens is 2. The molecule has 3 N–H and O–H groups in total. The van der Waals surface area contributed by atoms with Gasteiger partial charge in [0.25, 0.3) is 0 Å². The second-order valence-electron chi connectivity index (χ2n) is 9.38. The van der Waals surface area contributed by atoms with Gasteiger partial charge in [-0.2, -0.15) is 5.10 Å². The van der Waals surface area contributed by atoms with Gasteiger partial charge in [-0.1, -0.05) is 0 Å². The van der Waals surface area contributed by atoms with Gasteiger partial charge in [-0.3, -0.25) is 10.1 Å². The number of imidazole rings is 1. The SMILES string of the molecule is COc1cncc(-c2ccc3[nH]nc(-c4nc5nccc(-c6cc(F)cc(NCCN(C)C)c6)c5[nH]4)c3n2)c1. The second kappa shape index (κ2) is 10.1. The summed E-state index contributed by atoms with van der Waals surface area (Å²) in [6.07, 6.45) is 5.04. The Morgan fingerprint density at radius 1 is 1.03 bits per heavy atom. The molecule has 1 aromatic carbocycles. The lowest BCUT2D eigenvalue weighted by Gasteiger charge is -2.13. The molecule has 10 nitrogen and oxygen atoms in total. The number of hydrogen-bond acceptors (Lipinski definition) is 8. The summed E-state index contributed by atoms with van der Waals surface area (Å²) in [6.45, 7) is 1.53. The second-order valence-corrected chi connectivity index (χ2v) is 9.38. The van der Waals surface area contributed by atoms with Gasteiger partial charge in [-0.15, -0.1) is 0 Å². The van der Waals surface area contributed by atoms with Crippen LogP contribution in [0.15, 0.2) is 61.1 Å². The predicted octanol–water partition coefficient (Wildman–Crippen LogP) is 4.75. The number of benzene rings is 1. The number of ether oxygens (including phenoxy) is 1. The van der Waals surface area contributed by atoms with E-state index in [1.165, 1.54) is 12.1 Å². The van der Waals surface area contributed by atoms with Crippen LogP contribution < -0.4 is 10.1 Å². The Balaban J connectivity index is 1.40. The Bertz CT molecular complexity index is 1790. The number of nitrogens with zero attached hydrogens (tertiary/aromatic N) is 6. The number of halogens is 1. The lowest BCUT2D eigenvalue weighted by atomic mass is 10.0. The number of pyridine rings is 3. The standard InChI is InChI=1S/C28H26FN9O/c1-38(2)9-8-31-19-11-16(10-18(29)13-19)21-6-7-32-27-24(21)34-28(35-27)26-25-23(36-37-26)5-4-22(33-25)17-12-20(39-3)15-30-14-17/h4-7,10-15,31H,8-9H2,1-3H3,(H,36,37)(H,32,34,35). The third kappa shape index (κ3) is 4.87. The number of likely N-dealkylation sites (N-methyl/N-ethyl adjacent to an activating group) is 1. The molecule has 5 heterocycles. The molecule has 39 heavy (non-hydrogen) atoms. The predicted molar refractivity (Wildman–Crippen MR) is 149 cm³/mol. The molecule has 6 aromatic rings.